The van der Waals surface area contributed by atoms with Gasteiger partial charge in [0.05, 0.1) is 18.9 Å². The van der Waals surface area contributed by atoms with Gasteiger partial charge in [0.1, 0.15) is 11.4 Å². The summed E-state index contributed by atoms with van der Waals surface area (Å²) in [6.07, 6.45) is 4.16. The van der Waals surface area contributed by atoms with E-state index in [0.29, 0.717) is 12.4 Å². The van der Waals surface area contributed by atoms with Crippen molar-refractivity contribution in [1.82, 2.24) is 4.90 Å². The molecule has 0 aliphatic carbocycles. The zero-order chi connectivity index (χ0) is 18.3. The molecule has 1 heterocycles. The van der Waals surface area contributed by atoms with Crippen LogP contribution in [0.25, 0.3) is 0 Å². The summed E-state index contributed by atoms with van der Waals surface area (Å²) in [5.41, 5.74) is -0.594. The van der Waals surface area contributed by atoms with Crippen LogP contribution in [0.2, 0.25) is 0 Å². The second-order valence-corrected chi connectivity index (χ2v) is 6.52. The van der Waals surface area contributed by atoms with E-state index >= 15 is 0 Å². The Morgan fingerprint density at radius 3 is 2.54 bits per heavy atom. The van der Waals surface area contributed by atoms with E-state index in [4.69, 9.17) is 13.9 Å². The third kappa shape index (κ3) is 6.10. The zero-order valence-electron chi connectivity index (χ0n) is 15.2. The van der Waals surface area contributed by atoms with Gasteiger partial charge in [-0.1, -0.05) is 13.0 Å². The molecule has 0 fully saturated rings. The van der Waals surface area contributed by atoms with Crippen molar-refractivity contribution in [2.75, 3.05) is 13.7 Å². The molecule has 0 aliphatic rings. The normalized spacial score (nSPS) is 14.2. The lowest BCUT2D eigenvalue weighted by Crippen LogP contribution is -2.38. The summed E-state index contributed by atoms with van der Waals surface area (Å²) in [6, 6.07) is 3.15. The molecule has 24 heavy (non-hydrogen) atoms. The fraction of sp³-hybridized carbons (Fsp3) is 0.556. The quantitative estimate of drug-likeness (QED) is 0.581. The van der Waals surface area contributed by atoms with Crippen LogP contribution in [0.4, 0.5) is 4.79 Å². The number of carbonyl (C=O) groups is 2. The number of carbonyl (C=O) groups excluding carboxylic acids is 2. The third-order valence-corrected chi connectivity index (χ3v) is 3.25. The lowest BCUT2D eigenvalue weighted by atomic mass is 9.98. The Morgan fingerprint density at radius 2 is 2.04 bits per heavy atom. The molecule has 0 aromatic carbocycles. The number of amides is 1. The van der Waals surface area contributed by atoms with E-state index in [1.807, 2.05) is 27.7 Å². The Hall–Kier alpha value is -2.24. The molecule has 1 rings (SSSR count). The van der Waals surface area contributed by atoms with E-state index in [0.717, 1.165) is 0 Å². The lowest BCUT2D eigenvalue weighted by molar-refractivity contribution is -0.137. The maximum atomic E-state index is 12.4. The number of rotatable bonds is 6. The highest BCUT2D eigenvalue weighted by atomic mass is 16.6. The molecule has 0 N–H and O–H groups in total. The molecule has 134 valence electrons. The van der Waals surface area contributed by atoms with Crippen LogP contribution < -0.4 is 0 Å². The van der Waals surface area contributed by atoms with E-state index in [1.54, 1.807) is 38.4 Å². The fourth-order valence-corrected chi connectivity index (χ4v) is 2.24. The molecule has 0 spiro atoms. The van der Waals surface area contributed by atoms with E-state index in [1.165, 1.54) is 11.0 Å². The van der Waals surface area contributed by atoms with Crippen molar-refractivity contribution in [2.45, 2.75) is 46.3 Å². The molecule has 1 aromatic heterocycles. The van der Waals surface area contributed by atoms with Gasteiger partial charge in [-0.25, -0.2) is 9.59 Å². The Labute approximate surface area is 143 Å². The average molecular weight is 337 g/mol. The number of hydrogen-bond donors (Lipinski definition) is 0. The van der Waals surface area contributed by atoms with Gasteiger partial charge < -0.3 is 18.8 Å². The molecular weight excluding hydrogens is 310 g/mol. The minimum absolute atomic E-state index is 0.182. The van der Waals surface area contributed by atoms with Crippen molar-refractivity contribution in [3.05, 3.63) is 36.3 Å². The number of ether oxygens (including phenoxy) is 2. The molecule has 6 nitrogen and oxygen atoms in total. The van der Waals surface area contributed by atoms with Crippen LogP contribution in [0, 0.1) is 5.92 Å². The third-order valence-electron chi connectivity index (χ3n) is 3.25. The van der Waals surface area contributed by atoms with Gasteiger partial charge in [0.25, 0.3) is 0 Å². The molecule has 1 amide bonds. The van der Waals surface area contributed by atoms with Gasteiger partial charge in [0.15, 0.2) is 0 Å². The number of esters is 1. The van der Waals surface area contributed by atoms with Gasteiger partial charge in [-0.3, -0.25) is 0 Å². The fourth-order valence-electron chi connectivity index (χ4n) is 2.24. The summed E-state index contributed by atoms with van der Waals surface area (Å²) in [5, 5.41) is 0. The predicted molar refractivity (Wildman–Crippen MR) is 90.4 cm³/mol. The summed E-state index contributed by atoms with van der Waals surface area (Å²) in [5.74, 6) is 0.0184. The Kier molecular flexibility index (Phi) is 7.07. The van der Waals surface area contributed by atoms with Crippen LogP contribution in [0.1, 0.15) is 46.4 Å². The van der Waals surface area contributed by atoms with Crippen LogP contribution in [-0.2, 0) is 14.3 Å². The molecular formula is C18H27NO5. The number of furan rings is 1. The van der Waals surface area contributed by atoms with Crippen molar-refractivity contribution in [3.63, 3.8) is 0 Å². The Morgan fingerprint density at radius 1 is 1.38 bits per heavy atom. The van der Waals surface area contributed by atoms with Crippen molar-refractivity contribution in [3.8, 4) is 0 Å². The molecule has 0 aliphatic heterocycles. The van der Waals surface area contributed by atoms with Crippen LogP contribution in [-0.4, -0.2) is 36.2 Å². The van der Waals surface area contributed by atoms with Crippen molar-refractivity contribution < 1.29 is 23.5 Å². The molecule has 6 heteroatoms. The molecule has 0 radical (unpaired) electrons. The van der Waals surface area contributed by atoms with E-state index in [-0.39, 0.29) is 5.92 Å². The monoisotopic (exact) mass is 337 g/mol. The molecule has 0 unspecified atom stereocenters. The minimum Gasteiger partial charge on any atom is -0.467 e. The highest BCUT2D eigenvalue weighted by Crippen LogP contribution is 2.30. The summed E-state index contributed by atoms with van der Waals surface area (Å²) in [7, 11) is 1.65. The Balaban J connectivity index is 2.96. The number of hydrogen-bond acceptors (Lipinski definition) is 5. The van der Waals surface area contributed by atoms with Crippen LogP contribution in [0.15, 0.2) is 35.0 Å². The van der Waals surface area contributed by atoms with E-state index < -0.39 is 23.7 Å². The van der Waals surface area contributed by atoms with Gasteiger partial charge in [-0.15, -0.1) is 0 Å². The summed E-state index contributed by atoms with van der Waals surface area (Å²) >= 11 is 0. The summed E-state index contributed by atoms with van der Waals surface area (Å²) in [6.45, 7) is 9.39. The zero-order valence-corrected chi connectivity index (χ0v) is 15.2. The highest BCUT2D eigenvalue weighted by Gasteiger charge is 2.31. The van der Waals surface area contributed by atoms with Crippen molar-refractivity contribution >= 4 is 12.1 Å². The van der Waals surface area contributed by atoms with Gasteiger partial charge in [-0.2, -0.15) is 0 Å². The average Bonchev–Trinajstić information content (AvgIpc) is 2.97. The minimum atomic E-state index is -0.594. The van der Waals surface area contributed by atoms with Crippen LogP contribution >= 0.6 is 0 Å². The first-order valence-corrected chi connectivity index (χ1v) is 8.00. The largest absolute Gasteiger partial charge is 0.467 e. The molecule has 2 atom stereocenters. The second-order valence-electron chi connectivity index (χ2n) is 6.52. The van der Waals surface area contributed by atoms with Gasteiger partial charge in [0.2, 0.25) is 0 Å². The molecule has 0 saturated carbocycles. The maximum absolute atomic E-state index is 12.4. The second kappa shape index (κ2) is 8.57. The smallest absolute Gasteiger partial charge is 0.410 e. The van der Waals surface area contributed by atoms with Crippen molar-refractivity contribution in [1.29, 1.82) is 0 Å². The standard InChI is InChI=1S/C18H27NO5/c1-7-22-15(20)11-10-13(2)16(14-9-8-12-23-14)19(6)17(21)24-18(3,4)5/h8-13,16H,7H2,1-6H3/t13-,16+/m1/s1. The maximum Gasteiger partial charge on any atom is 0.410 e. The van der Waals surface area contributed by atoms with Crippen LogP contribution in [0.5, 0.6) is 0 Å². The molecule has 0 bridgehead atoms. The molecule has 0 saturated heterocycles. The summed E-state index contributed by atoms with van der Waals surface area (Å²) < 4.78 is 15.8. The summed E-state index contributed by atoms with van der Waals surface area (Å²) in [4.78, 5) is 25.4. The van der Waals surface area contributed by atoms with Gasteiger partial charge in [0, 0.05) is 19.0 Å². The Bertz CT molecular complexity index is 556. The first-order valence-electron chi connectivity index (χ1n) is 8.00. The highest BCUT2D eigenvalue weighted by molar-refractivity contribution is 5.81. The van der Waals surface area contributed by atoms with Gasteiger partial charge >= 0.3 is 12.1 Å². The topological polar surface area (TPSA) is 69.0 Å². The van der Waals surface area contributed by atoms with Crippen LogP contribution in [0.3, 0.4) is 0 Å². The predicted octanol–water partition coefficient (Wildman–Crippen LogP) is 3.94. The van der Waals surface area contributed by atoms with Crippen molar-refractivity contribution in [2.24, 2.45) is 5.92 Å². The lowest BCUT2D eigenvalue weighted by Gasteiger charge is -2.32. The van der Waals surface area contributed by atoms with E-state index in [9.17, 15) is 9.59 Å². The SMILES string of the molecule is CCOC(=O)C=C[C@@H](C)[C@@H](c1ccco1)N(C)C(=O)OC(C)(C)C. The number of nitrogens with zero attached hydrogens (tertiary/aromatic N) is 1. The van der Waals surface area contributed by atoms with Gasteiger partial charge in [-0.05, 0) is 39.8 Å². The molecule has 1 aromatic rings. The van der Waals surface area contributed by atoms with E-state index in [2.05, 4.69) is 0 Å². The first kappa shape index (κ1) is 19.8. The first-order chi connectivity index (χ1) is 11.2.